The number of carbonyl (C=O) groups excluding carboxylic acids is 1. The molecule has 0 aliphatic heterocycles. The zero-order chi connectivity index (χ0) is 13.0. The van der Waals surface area contributed by atoms with E-state index in [9.17, 15) is 4.79 Å². The molecule has 5 nitrogen and oxygen atoms in total. The molecule has 17 heavy (non-hydrogen) atoms. The smallest absolute Gasteiger partial charge is 0.155 e. The number of hydrogen-bond donors (Lipinski definition) is 0. The third-order valence-corrected chi connectivity index (χ3v) is 2.82. The van der Waals surface area contributed by atoms with E-state index >= 15 is 0 Å². The zero-order valence-corrected chi connectivity index (χ0v) is 11.4. The highest BCUT2D eigenvalue weighted by molar-refractivity contribution is 5.84. The van der Waals surface area contributed by atoms with Gasteiger partial charge in [-0.05, 0) is 34.0 Å². The molecule has 0 saturated heterocycles. The van der Waals surface area contributed by atoms with E-state index in [0.29, 0.717) is 5.56 Å². The molecule has 0 radical (unpaired) electrons. The van der Waals surface area contributed by atoms with Crippen LogP contribution in [0.25, 0.3) is 0 Å². The summed E-state index contributed by atoms with van der Waals surface area (Å²) >= 11 is 0. The molecule has 1 rings (SSSR count). The minimum absolute atomic E-state index is 0.694. The van der Waals surface area contributed by atoms with Crippen LogP contribution in [0.1, 0.15) is 22.5 Å². The predicted molar refractivity (Wildman–Crippen MR) is 69.8 cm³/mol. The summed E-state index contributed by atoms with van der Waals surface area (Å²) in [5, 5.41) is 4.28. The summed E-state index contributed by atoms with van der Waals surface area (Å²) in [4.78, 5) is 15.3. The lowest BCUT2D eigenvalue weighted by Gasteiger charge is -2.20. The van der Waals surface area contributed by atoms with Crippen molar-refractivity contribution >= 4 is 12.1 Å². The number of rotatable bonds is 6. The number of aromatic nitrogens is 2. The summed E-state index contributed by atoms with van der Waals surface area (Å²) in [7, 11) is 7.99. The second-order valence-corrected chi connectivity index (χ2v) is 4.64. The Bertz CT molecular complexity index is 384. The first-order chi connectivity index (χ1) is 7.97. The van der Waals surface area contributed by atoms with E-state index in [2.05, 4.69) is 29.0 Å². The van der Waals surface area contributed by atoms with Crippen LogP contribution in [0.15, 0.2) is 0 Å². The summed E-state index contributed by atoms with van der Waals surface area (Å²) in [5.41, 5.74) is 1.48. The summed E-state index contributed by atoms with van der Waals surface area (Å²) in [6.45, 7) is 3.82. The first kappa shape index (κ1) is 13.7. The van der Waals surface area contributed by atoms with E-state index in [1.165, 1.54) is 0 Å². The Labute approximate surface area is 103 Å². The van der Waals surface area contributed by atoms with Gasteiger partial charge in [0.25, 0.3) is 0 Å². The first-order valence-electron chi connectivity index (χ1n) is 5.82. The van der Waals surface area contributed by atoms with Gasteiger partial charge in [0.1, 0.15) is 5.82 Å². The Morgan fingerprint density at radius 2 is 1.94 bits per heavy atom. The molecule has 96 valence electrons. The van der Waals surface area contributed by atoms with Crippen LogP contribution < -0.4 is 4.90 Å². The van der Waals surface area contributed by atoms with Crippen molar-refractivity contribution in [3.05, 3.63) is 11.3 Å². The lowest BCUT2D eigenvalue weighted by Crippen LogP contribution is -2.25. The van der Waals surface area contributed by atoms with Crippen LogP contribution in [0.3, 0.4) is 0 Å². The molecule has 0 aromatic carbocycles. The molecule has 1 aromatic heterocycles. The number of anilines is 1. The first-order valence-corrected chi connectivity index (χ1v) is 5.82. The van der Waals surface area contributed by atoms with Gasteiger partial charge in [-0.3, -0.25) is 9.48 Å². The Hall–Kier alpha value is -1.36. The minimum atomic E-state index is 0.694. The second-order valence-electron chi connectivity index (χ2n) is 4.64. The largest absolute Gasteiger partial charge is 0.359 e. The van der Waals surface area contributed by atoms with Gasteiger partial charge in [0, 0.05) is 20.6 Å². The zero-order valence-electron chi connectivity index (χ0n) is 11.4. The normalized spacial score (nSPS) is 10.9. The molecule has 1 aromatic rings. The Balaban J connectivity index is 2.74. The fourth-order valence-corrected chi connectivity index (χ4v) is 1.98. The van der Waals surface area contributed by atoms with Crippen LogP contribution in [-0.4, -0.2) is 55.2 Å². The Morgan fingerprint density at radius 3 is 2.47 bits per heavy atom. The predicted octanol–water partition coefficient (Wildman–Crippen LogP) is 0.929. The molecule has 0 amide bonds. The average molecular weight is 238 g/mol. The van der Waals surface area contributed by atoms with Gasteiger partial charge in [0.2, 0.25) is 0 Å². The monoisotopic (exact) mass is 238 g/mol. The maximum absolute atomic E-state index is 11.1. The maximum atomic E-state index is 11.1. The number of hydrogen-bond acceptors (Lipinski definition) is 4. The van der Waals surface area contributed by atoms with Crippen LogP contribution in [0, 0.1) is 6.92 Å². The lowest BCUT2D eigenvalue weighted by atomic mass is 10.2. The lowest BCUT2D eigenvalue weighted by molar-refractivity contribution is 0.112. The van der Waals surface area contributed by atoms with Gasteiger partial charge in [-0.2, -0.15) is 5.10 Å². The second kappa shape index (κ2) is 5.82. The number of nitrogens with zero attached hydrogens (tertiary/aromatic N) is 4. The van der Waals surface area contributed by atoms with Crippen molar-refractivity contribution in [1.82, 2.24) is 14.7 Å². The molecule has 0 atom stereocenters. The van der Waals surface area contributed by atoms with Crippen molar-refractivity contribution in [2.75, 3.05) is 39.1 Å². The molecular weight excluding hydrogens is 216 g/mol. The third-order valence-electron chi connectivity index (χ3n) is 2.82. The SMILES string of the molecule is Cc1nn(C)c(N(C)CCCN(C)C)c1C=O. The van der Waals surface area contributed by atoms with Crippen LogP contribution in [0.5, 0.6) is 0 Å². The van der Waals surface area contributed by atoms with Gasteiger partial charge >= 0.3 is 0 Å². The number of carbonyl (C=O) groups is 1. The van der Waals surface area contributed by atoms with E-state index in [-0.39, 0.29) is 0 Å². The summed E-state index contributed by atoms with van der Waals surface area (Å²) < 4.78 is 1.77. The topological polar surface area (TPSA) is 41.4 Å². The van der Waals surface area contributed by atoms with Crippen molar-refractivity contribution in [3.63, 3.8) is 0 Å². The van der Waals surface area contributed by atoms with Gasteiger partial charge in [-0.25, -0.2) is 0 Å². The van der Waals surface area contributed by atoms with Gasteiger partial charge in [0.05, 0.1) is 11.3 Å². The van der Waals surface area contributed by atoms with Crippen molar-refractivity contribution in [2.45, 2.75) is 13.3 Å². The molecule has 0 spiro atoms. The fraction of sp³-hybridized carbons (Fsp3) is 0.667. The van der Waals surface area contributed by atoms with E-state index in [1.807, 2.05) is 21.0 Å². The van der Waals surface area contributed by atoms with Gasteiger partial charge in [-0.1, -0.05) is 0 Å². The van der Waals surface area contributed by atoms with E-state index in [1.54, 1.807) is 4.68 Å². The van der Waals surface area contributed by atoms with Gasteiger partial charge in [-0.15, -0.1) is 0 Å². The quantitative estimate of drug-likeness (QED) is 0.691. The van der Waals surface area contributed by atoms with Crippen LogP contribution in [0.4, 0.5) is 5.82 Å². The van der Waals surface area contributed by atoms with E-state index in [0.717, 1.165) is 37.3 Å². The maximum Gasteiger partial charge on any atom is 0.155 e. The molecule has 1 heterocycles. The Morgan fingerprint density at radius 1 is 1.29 bits per heavy atom. The minimum Gasteiger partial charge on any atom is -0.359 e. The van der Waals surface area contributed by atoms with Crippen molar-refractivity contribution in [1.29, 1.82) is 0 Å². The summed E-state index contributed by atoms with van der Waals surface area (Å²) in [6.07, 6.45) is 1.95. The molecule has 0 aliphatic carbocycles. The number of aldehydes is 1. The molecule has 0 N–H and O–H groups in total. The van der Waals surface area contributed by atoms with Gasteiger partial charge < -0.3 is 9.80 Å². The highest BCUT2D eigenvalue weighted by atomic mass is 16.1. The molecule has 0 saturated carbocycles. The Kier molecular flexibility index (Phi) is 4.69. The van der Waals surface area contributed by atoms with Crippen molar-refractivity contribution in [2.24, 2.45) is 7.05 Å². The van der Waals surface area contributed by atoms with E-state index < -0.39 is 0 Å². The third kappa shape index (κ3) is 3.30. The van der Waals surface area contributed by atoms with Crippen LogP contribution >= 0.6 is 0 Å². The van der Waals surface area contributed by atoms with Gasteiger partial charge in [0.15, 0.2) is 6.29 Å². The van der Waals surface area contributed by atoms with E-state index in [4.69, 9.17) is 0 Å². The average Bonchev–Trinajstić information content (AvgIpc) is 2.52. The molecule has 0 unspecified atom stereocenters. The summed E-state index contributed by atoms with van der Waals surface area (Å²) in [6, 6.07) is 0. The highest BCUT2D eigenvalue weighted by Crippen LogP contribution is 2.20. The van der Waals surface area contributed by atoms with Crippen LogP contribution in [0.2, 0.25) is 0 Å². The van der Waals surface area contributed by atoms with Crippen LogP contribution in [-0.2, 0) is 7.05 Å². The van der Waals surface area contributed by atoms with Crippen molar-refractivity contribution in [3.8, 4) is 0 Å². The fourth-order valence-electron chi connectivity index (χ4n) is 1.98. The molecule has 0 aliphatic rings. The molecular formula is C12H22N4O. The standard InChI is InChI=1S/C12H22N4O/c1-10-11(9-17)12(16(5)13-10)15(4)8-6-7-14(2)3/h9H,6-8H2,1-5H3. The molecule has 0 fully saturated rings. The molecule has 0 bridgehead atoms. The van der Waals surface area contributed by atoms with Crippen molar-refractivity contribution < 1.29 is 4.79 Å². The summed E-state index contributed by atoms with van der Waals surface area (Å²) in [5.74, 6) is 0.899. The molecule has 5 heteroatoms. The highest BCUT2D eigenvalue weighted by Gasteiger charge is 2.15. The number of aryl methyl sites for hydroxylation is 2.